The number of hydrogen-bond donors (Lipinski definition) is 1. The topological polar surface area (TPSA) is 93.0 Å². The van der Waals surface area contributed by atoms with Gasteiger partial charge >= 0.3 is 12.3 Å². The summed E-state index contributed by atoms with van der Waals surface area (Å²) >= 11 is 0. The molecule has 2 aromatic carbocycles. The van der Waals surface area contributed by atoms with Gasteiger partial charge in [-0.25, -0.2) is 14.8 Å². The lowest BCUT2D eigenvalue weighted by molar-refractivity contribution is -0.155. The Kier molecular flexibility index (Phi) is 8.92. The van der Waals surface area contributed by atoms with E-state index in [9.17, 15) is 23.1 Å². The maximum Gasteiger partial charge on any atom is 0.416 e. The highest BCUT2D eigenvalue weighted by Crippen LogP contribution is 2.37. The summed E-state index contributed by atoms with van der Waals surface area (Å²) in [5, 5.41) is 12.9. The van der Waals surface area contributed by atoms with Crippen molar-refractivity contribution in [2.24, 2.45) is 0 Å². The second kappa shape index (κ2) is 12.8. The predicted octanol–water partition coefficient (Wildman–Crippen LogP) is 6.58. The number of halogens is 3. The molecule has 1 saturated carbocycles. The van der Waals surface area contributed by atoms with E-state index in [4.69, 9.17) is 9.47 Å². The lowest BCUT2D eigenvalue weighted by Gasteiger charge is -2.44. The third-order valence-electron chi connectivity index (χ3n) is 8.62. The van der Waals surface area contributed by atoms with E-state index in [-0.39, 0.29) is 32.2 Å². The number of amides is 1. The van der Waals surface area contributed by atoms with Gasteiger partial charge in [0.15, 0.2) is 0 Å². The first-order valence-corrected chi connectivity index (χ1v) is 15.9. The fraction of sp³-hybridized carbons (Fsp3) is 0.457. The Balaban J connectivity index is 1.25. The molecule has 1 saturated heterocycles. The third kappa shape index (κ3) is 7.70. The van der Waals surface area contributed by atoms with Gasteiger partial charge in [-0.05, 0) is 69.4 Å². The molecule has 9 nitrogen and oxygen atoms in total. The SMILES string of the molecule is CC(C)(C)OC(=O)N1CCC(O)(Cn2ccc3c(N(Cc4ccc(C(F)(F)F)cc4)C4CC4)ncnc32)C(OCc2ccccc2)C1. The molecule has 3 heterocycles. The van der Waals surface area contributed by atoms with Gasteiger partial charge in [-0.15, -0.1) is 0 Å². The van der Waals surface area contributed by atoms with Gasteiger partial charge in [-0.3, -0.25) is 0 Å². The fourth-order valence-corrected chi connectivity index (χ4v) is 6.00. The molecule has 250 valence electrons. The molecule has 6 rings (SSSR count). The number of ether oxygens (including phenoxy) is 2. The summed E-state index contributed by atoms with van der Waals surface area (Å²) in [6.07, 6.45) is -0.0465. The van der Waals surface area contributed by atoms with Crippen LogP contribution in [0.5, 0.6) is 0 Å². The number of rotatable bonds is 9. The number of benzene rings is 2. The Labute approximate surface area is 271 Å². The van der Waals surface area contributed by atoms with E-state index in [1.807, 2.05) is 67.9 Å². The molecular weight excluding hydrogens is 611 g/mol. The molecule has 1 amide bonds. The summed E-state index contributed by atoms with van der Waals surface area (Å²) in [6.45, 7) is 6.71. The molecule has 1 aliphatic heterocycles. The fourth-order valence-electron chi connectivity index (χ4n) is 6.00. The number of piperidine rings is 1. The van der Waals surface area contributed by atoms with E-state index < -0.39 is 35.1 Å². The summed E-state index contributed by atoms with van der Waals surface area (Å²) in [5.74, 6) is 0.694. The van der Waals surface area contributed by atoms with E-state index in [0.717, 1.165) is 41.5 Å². The number of alkyl halides is 3. The summed E-state index contributed by atoms with van der Waals surface area (Å²) in [6, 6.07) is 17.0. The number of aliphatic hydroxyl groups is 1. The highest BCUT2D eigenvalue weighted by Gasteiger charge is 2.45. The average Bonchev–Trinajstić information content (AvgIpc) is 3.79. The molecule has 12 heteroatoms. The van der Waals surface area contributed by atoms with Crippen LogP contribution < -0.4 is 4.90 Å². The van der Waals surface area contributed by atoms with Gasteiger partial charge in [0.1, 0.15) is 35.1 Å². The number of anilines is 1. The van der Waals surface area contributed by atoms with Crippen LogP contribution in [0.15, 0.2) is 73.2 Å². The van der Waals surface area contributed by atoms with Crippen molar-refractivity contribution in [2.75, 3.05) is 18.0 Å². The van der Waals surface area contributed by atoms with Gasteiger partial charge in [0.2, 0.25) is 0 Å². The smallest absolute Gasteiger partial charge is 0.416 e. The molecule has 2 aliphatic rings. The summed E-state index contributed by atoms with van der Waals surface area (Å²) < 4.78 is 53.2. The second-order valence-electron chi connectivity index (χ2n) is 13.5. The Bertz CT molecular complexity index is 1690. The molecule has 2 fully saturated rings. The largest absolute Gasteiger partial charge is 0.444 e. The monoisotopic (exact) mass is 651 g/mol. The van der Waals surface area contributed by atoms with Crippen molar-refractivity contribution in [2.45, 2.75) is 89.3 Å². The van der Waals surface area contributed by atoms with Crippen molar-refractivity contribution in [3.05, 3.63) is 89.9 Å². The van der Waals surface area contributed by atoms with Gasteiger partial charge in [-0.1, -0.05) is 42.5 Å². The number of fused-ring (bicyclic) bond motifs is 1. The minimum atomic E-state index is -4.39. The zero-order chi connectivity index (χ0) is 33.4. The highest BCUT2D eigenvalue weighted by atomic mass is 19.4. The van der Waals surface area contributed by atoms with Crippen molar-refractivity contribution < 1.29 is 32.5 Å². The van der Waals surface area contributed by atoms with Crippen LogP contribution in [0, 0.1) is 0 Å². The first-order chi connectivity index (χ1) is 22.3. The summed E-state index contributed by atoms with van der Waals surface area (Å²) in [4.78, 5) is 25.9. The van der Waals surface area contributed by atoms with E-state index in [2.05, 4.69) is 14.9 Å². The minimum absolute atomic E-state index is 0.153. The van der Waals surface area contributed by atoms with Gasteiger partial charge in [-0.2, -0.15) is 13.2 Å². The van der Waals surface area contributed by atoms with Crippen LogP contribution in [0.25, 0.3) is 11.0 Å². The zero-order valence-corrected chi connectivity index (χ0v) is 26.8. The van der Waals surface area contributed by atoms with Crippen molar-refractivity contribution in [3.63, 3.8) is 0 Å². The van der Waals surface area contributed by atoms with Crippen molar-refractivity contribution in [1.82, 2.24) is 19.4 Å². The normalized spacial score (nSPS) is 20.4. The highest BCUT2D eigenvalue weighted by molar-refractivity contribution is 5.88. The third-order valence-corrected chi connectivity index (χ3v) is 8.62. The minimum Gasteiger partial charge on any atom is -0.444 e. The lowest BCUT2D eigenvalue weighted by Crippen LogP contribution is -2.59. The van der Waals surface area contributed by atoms with Gasteiger partial charge in [0, 0.05) is 25.3 Å². The van der Waals surface area contributed by atoms with Crippen LogP contribution in [-0.4, -0.2) is 67.1 Å². The number of aromatic nitrogens is 3. The predicted molar refractivity (Wildman–Crippen MR) is 171 cm³/mol. The Morgan fingerprint density at radius 3 is 2.40 bits per heavy atom. The van der Waals surface area contributed by atoms with Gasteiger partial charge in [0.05, 0.1) is 30.6 Å². The molecule has 2 unspecified atom stereocenters. The Morgan fingerprint density at radius 1 is 1.02 bits per heavy atom. The van der Waals surface area contributed by atoms with E-state index in [1.165, 1.54) is 18.5 Å². The molecule has 0 spiro atoms. The van der Waals surface area contributed by atoms with Crippen LogP contribution in [0.4, 0.5) is 23.8 Å². The van der Waals surface area contributed by atoms with E-state index >= 15 is 0 Å². The number of hydrogen-bond acceptors (Lipinski definition) is 7. The van der Waals surface area contributed by atoms with Gasteiger partial charge in [0.25, 0.3) is 0 Å². The number of likely N-dealkylation sites (tertiary alicyclic amines) is 1. The quantitative estimate of drug-likeness (QED) is 0.219. The summed E-state index contributed by atoms with van der Waals surface area (Å²) in [7, 11) is 0. The van der Waals surface area contributed by atoms with E-state index in [1.54, 1.807) is 4.90 Å². The molecule has 1 aliphatic carbocycles. The molecule has 0 radical (unpaired) electrons. The average molecular weight is 652 g/mol. The molecular formula is C35H40F3N5O4. The molecule has 2 aromatic heterocycles. The molecule has 2 atom stereocenters. The Hall–Kier alpha value is -4.16. The number of carbonyl (C=O) groups is 1. The molecule has 1 N–H and O–H groups in total. The number of carbonyl (C=O) groups excluding carboxylic acids is 1. The first-order valence-electron chi connectivity index (χ1n) is 15.9. The van der Waals surface area contributed by atoms with Crippen LogP contribution in [0.2, 0.25) is 0 Å². The van der Waals surface area contributed by atoms with Crippen molar-refractivity contribution in [3.8, 4) is 0 Å². The molecule has 47 heavy (non-hydrogen) atoms. The van der Waals surface area contributed by atoms with Gasteiger partial charge < -0.3 is 28.9 Å². The van der Waals surface area contributed by atoms with Crippen LogP contribution in [0.1, 0.15) is 56.7 Å². The zero-order valence-electron chi connectivity index (χ0n) is 26.8. The Morgan fingerprint density at radius 2 is 1.74 bits per heavy atom. The van der Waals surface area contributed by atoms with Crippen molar-refractivity contribution in [1.29, 1.82) is 0 Å². The van der Waals surface area contributed by atoms with Crippen LogP contribution >= 0.6 is 0 Å². The van der Waals surface area contributed by atoms with Crippen LogP contribution in [0.3, 0.4) is 0 Å². The molecule has 0 bridgehead atoms. The summed E-state index contributed by atoms with van der Waals surface area (Å²) in [5.41, 5.74) is -0.352. The van der Waals surface area contributed by atoms with Crippen LogP contribution in [-0.2, 0) is 35.3 Å². The maximum atomic E-state index is 13.1. The second-order valence-corrected chi connectivity index (χ2v) is 13.5. The van der Waals surface area contributed by atoms with Crippen molar-refractivity contribution >= 4 is 22.9 Å². The van der Waals surface area contributed by atoms with E-state index in [0.29, 0.717) is 24.6 Å². The maximum absolute atomic E-state index is 13.1. The standard InChI is InChI=1S/C35H40F3N5O4/c1-33(2,3)47-32(44)41-18-16-34(45,29(20-41)46-21-25-7-5-4-6-8-25)22-42-17-15-28-30(42)39-23-40-31(28)43(27-13-14-27)19-24-9-11-26(12-10-24)35(36,37)38/h4-12,15,17,23,27,29,45H,13-14,16,18-22H2,1-3H3. The molecule has 4 aromatic rings. The first kappa shape index (κ1) is 32.8. The lowest BCUT2D eigenvalue weighted by atomic mass is 9.88. The number of nitrogens with zero attached hydrogens (tertiary/aromatic N) is 5.